The standard InChI is InChI=1S/C19H26ClN3O3/c1-14-2-3-16(20)17(21-14)23-6-4-19(5-7-23)12-15(26-18(19)24)13-22-8-10-25-11-9-22/h2-3,15H,4-13H2,1H3. The Morgan fingerprint density at radius 3 is 2.69 bits per heavy atom. The molecule has 142 valence electrons. The summed E-state index contributed by atoms with van der Waals surface area (Å²) in [7, 11) is 0. The number of aromatic nitrogens is 1. The average molecular weight is 380 g/mol. The summed E-state index contributed by atoms with van der Waals surface area (Å²) >= 11 is 6.33. The van der Waals surface area contributed by atoms with E-state index in [1.807, 2.05) is 19.1 Å². The van der Waals surface area contributed by atoms with E-state index in [1.165, 1.54) is 0 Å². The molecular weight excluding hydrogens is 354 g/mol. The predicted molar refractivity (Wildman–Crippen MR) is 99.6 cm³/mol. The van der Waals surface area contributed by atoms with E-state index < -0.39 is 0 Å². The maximum atomic E-state index is 12.6. The fourth-order valence-corrected chi connectivity index (χ4v) is 4.54. The molecule has 0 bridgehead atoms. The summed E-state index contributed by atoms with van der Waals surface area (Å²) < 4.78 is 11.2. The van der Waals surface area contributed by atoms with E-state index in [2.05, 4.69) is 14.8 Å². The van der Waals surface area contributed by atoms with Gasteiger partial charge in [0.1, 0.15) is 11.9 Å². The first kappa shape index (κ1) is 18.0. The minimum absolute atomic E-state index is 0.00725. The van der Waals surface area contributed by atoms with E-state index in [4.69, 9.17) is 21.1 Å². The lowest BCUT2D eigenvalue weighted by atomic mass is 9.76. The van der Waals surface area contributed by atoms with Gasteiger partial charge < -0.3 is 14.4 Å². The van der Waals surface area contributed by atoms with Crippen LogP contribution in [0.2, 0.25) is 5.02 Å². The maximum Gasteiger partial charge on any atom is 0.312 e. The van der Waals surface area contributed by atoms with E-state index in [0.717, 1.165) is 76.7 Å². The molecule has 0 aromatic carbocycles. The Labute approximate surface area is 159 Å². The third-order valence-electron chi connectivity index (χ3n) is 5.88. The highest BCUT2D eigenvalue weighted by atomic mass is 35.5. The number of morpholine rings is 1. The van der Waals surface area contributed by atoms with Gasteiger partial charge in [-0.2, -0.15) is 0 Å². The second-order valence-corrected chi connectivity index (χ2v) is 8.08. The highest BCUT2D eigenvalue weighted by Gasteiger charge is 2.50. The Balaban J connectivity index is 1.38. The van der Waals surface area contributed by atoms with Crippen LogP contribution in [-0.4, -0.2) is 67.9 Å². The number of pyridine rings is 1. The molecule has 1 aromatic rings. The van der Waals surface area contributed by atoms with Gasteiger partial charge in [-0.05, 0) is 31.9 Å². The van der Waals surface area contributed by atoms with Crippen LogP contribution in [0.4, 0.5) is 5.82 Å². The lowest BCUT2D eigenvalue weighted by molar-refractivity contribution is -0.150. The first-order valence-electron chi connectivity index (χ1n) is 9.45. The smallest absolute Gasteiger partial charge is 0.312 e. The zero-order valence-electron chi connectivity index (χ0n) is 15.2. The summed E-state index contributed by atoms with van der Waals surface area (Å²) in [5.74, 6) is 0.816. The Kier molecular flexibility index (Phi) is 5.08. The molecular formula is C19H26ClN3O3. The van der Waals surface area contributed by atoms with Gasteiger partial charge in [0.05, 0.1) is 23.7 Å². The first-order chi connectivity index (χ1) is 12.6. The van der Waals surface area contributed by atoms with Crippen molar-refractivity contribution in [2.45, 2.75) is 32.3 Å². The van der Waals surface area contributed by atoms with Crippen molar-refractivity contribution in [1.29, 1.82) is 0 Å². The Hall–Kier alpha value is -1.37. The molecule has 1 atom stereocenters. The van der Waals surface area contributed by atoms with E-state index in [9.17, 15) is 4.79 Å². The zero-order valence-corrected chi connectivity index (χ0v) is 16.0. The third-order valence-corrected chi connectivity index (χ3v) is 6.17. The molecule has 4 rings (SSSR count). The number of halogens is 1. The number of rotatable bonds is 3. The van der Waals surface area contributed by atoms with Crippen molar-refractivity contribution in [3.8, 4) is 0 Å². The molecule has 4 heterocycles. The number of carbonyl (C=O) groups excluding carboxylic acids is 1. The van der Waals surface area contributed by atoms with Gasteiger partial charge in [-0.25, -0.2) is 4.98 Å². The van der Waals surface area contributed by atoms with E-state index in [0.29, 0.717) is 5.02 Å². The quantitative estimate of drug-likeness (QED) is 0.751. The Morgan fingerprint density at radius 1 is 1.23 bits per heavy atom. The number of carbonyl (C=O) groups is 1. The number of hydrogen-bond acceptors (Lipinski definition) is 6. The largest absolute Gasteiger partial charge is 0.461 e. The van der Waals surface area contributed by atoms with Crippen LogP contribution < -0.4 is 4.90 Å². The van der Waals surface area contributed by atoms with Crippen LogP contribution in [-0.2, 0) is 14.3 Å². The zero-order chi connectivity index (χ0) is 18.1. The molecule has 3 saturated heterocycles. The number of cyclic esters (lactones) is 1. The number of aryl methyl sites for hydroxylation is 1. The lowest BCUT2D eigenvalue weighted by Crippen LogP contribution is -2.43. The second-order valence-electron chi connectivity index (χ2n) is 7.67. The van der Waals surface area contributed by atoms with Crippen LogP contribution in [0.25, 0.3) is 0 Å². The number of piperidine rings is 1. The van der Waals surface area contributed by atoms with Gasteiger partial charge in [-0.3, -0.25) is 9.69 Å². The normalized spacial score (nSPS) is 26.3. The molecule has 3 aliphatic rings. The minimum Gasteiger partial charge on any atom is -0.461 e. The predicted octanol–water partition coefficient (Wildman–Crippen LogP) is 2.28. The Morgan fingerprint density at radius 2 is 1.96 bits per heavy atom. The highest BCUT2D eigenvalue weighted by molar-refractivity contribution is 6.32. The average Bonchev–Trinajstić information content (AvgIpc) is 2.93. The number of esters is 1. The number of hydrogen-bond donors (Lipinski definition) is 0. The van der Waals surface area contributed by atoms with Gasteiger partial charge in [0.25, 0.3) is 0 Å². The third kappa shape index (κ3) is 3.55. The Bertz CT molecular complexity index is 670. The van der Waals surface area contributed by atoms with Crippen LogP contribution in [0.15, 0.2) is 12.1 Å². The summed E-state index contributed by atoms with van der Waals surface area (Å²) in [5.41, 5.74) is 0.625. The molecule has 1 unspecified atom stereocenters. The van der Waals surface area contributed by atoms with E-state index in [1.54, 1.807) is 0 Å². The van der Waals surface area contributed by atoms with Crippen LogP contribution in [0.3, 0.4) is 0 Å². The van der Waals surface area contributed by atoms with Crippen molar-refractivity contribution in [3.63, 3.8) is 0 Å². The monoisotopic (exact) mass is 379 g/mol. The van der Waals surface area contributed by atoms with Gasteiger partial charge in [0.2, 0.25) is 0 Å². The van der Waals surface area contributed by atoms with Crippen molar-refractivity contribution in [2.75, 3.05) is 50.8 Å². The molecule has 3 aliphatic heterocycles. The molecule has 1 aromatic heterocycles. The molecule has 3 fully saturated rings. The number of ether oxygens (including phenoxy) is 2. The maximum absolute atomic E-state index is 12.6. The van der Waals surface area contributed by atoms with Gasteiger partial charge in [0, 0.05) is 44.8 Å². The first-order valence-corrected chi connectivity index (χ1v) is 9.83. The summed E-state index contributed by atoms with van der Waals surface area (Å²) in [6.07, 6.45) is 2.44. The summed E-state index contributed by atoms with van der Waals surface area (Å²) in [6.45, 7) is 7.75. The number of anilines is 1. The summed E-state index contributed by atoms with van der Waals surface area (Å²) in [5, 5.41) is 0.672. The van der Waals surface area contributed by atoms with Gasteiger partial charge in [0.15, 0.2) is 0 Å². The minimum atomic E-state index is -0.330. The van der Waals surface area contributed by atoms with Crippen LogP contribution in [0.5, 0.6) is 0 Å². The fraction of sp³-hybridized carbons (Fsp3) is 0.684. The van der Waals surface area contributed by atoms with Gasteiger partial charge in [-0.1, -0.05) is 11.6 Å². The molecule has 26 heavy (non-hydrogen) atoms. The molecule has 0 radical (unpaired) electrons. The van der Waals surface area contributed by atoms with E-state index in [-0.39, 0.29) is 17.5 Å². The van der Waals surface area contributed by atoms with Crippen LogP contribution in [0.1, 0.15) is 25.0 Å². The molecule has 0 saturated carbocycles. The van der Waals surface area contributed by atoms with Crippen LogP contribution >= 0.6 is 11.6 Å². The van der Waals surface area contributed by atoms with Crippen molar-refractivity contribution in [1.82, 2.24) is 9.88 Å². The topological polar surface area (TPSA) is 54.9 Å². The molecule has 0 aliphatic carbocycles. The molecule has 0 amide bonds. The molecule has 6 nitrogen and oxygen atoms in total. The van der Waals surface area contributed by atoms with E-state index >= 15 is 0 Å². The van der Waals surface area contributed by atoms with Crippen molar-refractivity contribution in [2.24, 2.45) is 5.41 Å². The highest BCUT2D eigenvalue weighted by Crippen LogP contribution is 2.44. The van der Waals surface area contributed by atoms with Gasteiger partial charge in [-0.15, -0.1) is 0 Å². The van der Waals surface area contributed by atoms with Crippen LogP contribution in [0, 0.1) is 12.3 Å². The number of nitrogens with zero attached hydrogens (tertiary/aromatic N) is 3. The fourth-order valence-electron chi connectivity index (χ4n) is 4.31. The molecule has 7 heteroatoms. The summed E-state index contributed by atoms with van der Waals surface area (Å²) in [6, 6.07) is 3.81. The lowest BCUT2D eigenvalue weighted by Gasteiger charge is -2.37. The van der Waals surface area contributed by atoms with Crippen molar-refractivity contribution < 1.29 is 14.3 Å². The van der Waals surface area contributed by atoms with Gasteiger partial charge >= 0.3 is 5.97 Å². The SMILES string of the molecule is Cc1ccc(Cl)c(N2CCC3(CC2)CC(CN2CCOCC2)OC3=O)n1. The molecule has 0 N–H and O–H groups in total. The second kappa shape index (κ2) is 7.33. The van der Waals surface area contributed by atoms with Crippen molar-refractivity contribution in [3.05, 3.63) is 22.8 Å². The summed E-state index contributed by atoms with van der Waals surface area (Å²) in [4.78, 5) is 21.8. The van der Waals surface area contributed by atoms with Crippen molar-refractivity contribution >= 4 is 23.4 Å². The molecule has 1 spiro atoms.